The summed E-state index contributed by atoms with van der Waals surface area (Å²) in [6, 6.07) is 17.1. The summed E-state index contributed by atoms with van der Waals surface area (Å²) in [5, 5.41) is 0. The van der Waals surface area contributed by atoms with Gasteiger partial charge in [-0.1, -0.05) is 35.4 Å². The van der Waals surface area contributed by atoms with Crippen LogP contribution in [0.3, 0.4) is 0 Å². The first-order valence-corrected chi connectivity index (χ1v) is 18.7. The number of rotatable bonds is 5. The van der Waals surface area contributed by atoms with E-state index in [9.17, 15) is 0 Å². The van der Waals surface area contributed by atoms with E-state index in [1.54, 1.807) is 0 Å². The molecule has 3 nitrogen and oxygen atoms in total. The van der Waals surface area contributed by atoms with E-state index in [0.29, 0.717) is 6.10 Å². The van der Waals surface area contributed by atoms with Crippen LogP contribution < -0.4 is 14.5 Å². The van der Waals surface area contributed by atoms with Crippen molar-refractivity contribution in [1.82, 2.24) is 0 Å². The van der Waals surface area contributed by atoms with Gasteiger partial charge < -0.3 is 9.80 Å². The molecule has 3 aromatic carbocycles. The van der Waals surface area contributed by atoms with E-state index < -0.39 is 13.5 Å². The zero-order valence-corrected chi connectivity index (χ0v) is 26.5. The van der Waals surface area contributed by atoms with E-state index in [1.807, 2.05) is 28.9 Å². The van der Waals surface area contributed by atoms with Crippen LogP contribution >= 0.6 is 19.4 Å². The van der Waals surface area contributed by atoms with Gasteiger partial charge in [0, 0.05) is 24.5 Å². The van der Waals surface area contributed by atoms with Gasteiger partial charge in [0.15, 0.2) is 0 Å². The Morgan fingerprint density at radius 1 is 0.789 bits per heavy atom. The standard InChI is InChI=1S/C21H27N2.C11H12O.2ClH.Ru/c1-14-9-16(3)20(17(4)10-14)22-7-8-23(13-22)21-18(5)11-15(2)12-19(21)6;1-9-5-2-3-8-11(9)12-10-6-4-7-10;;;/h9-13H,7-8H2,1-6H3;1-3,5,8,10H,4,6-7H2;2*1H;/q-1;;;;+2/p-2. The van der Waals surface area contributed by atoms with Crippen LogP contribution in [0.4, 0.5) is 11.4 Å². The summed E-state index contributed by atoms with van der Waals surface area (Å²) in [5.74, 6) is 0.919. The van der Waals surface area contributed by atoms with E-state index >= 15 is 0 Å². The Labute approximate surface area is 242 Å². The Balaban J connectivity index is 0.000000194. The SMILES string of the molecule is Cc1cc(C)c(N2[CH-]N(c3c(C)cc(C)cc3C)CC2)c(C)c1.[Cl][Ru]([Cl])=[CH]c1ccccc1OC1CCC1. The van der Waals surface area contributed by atoms with Crippen molar-refractivity contribution in [3.8, 4) is 5.75 Å². The van der Waals surface area contributed by atoms with Gasteiger partial charge in [-0.3, -0.25) is 0 Å². The van der Waals surface area contributed by atoms with Crippen molar-refractivity contribution in [2.45, 2.75) is 66.9 Å². The summed E-state index contributed by atoms with van der Waals surface area (Å²) in [6.07, 6.45) is 4.00. The summed E-state index contributed by atoms with van der Waals surface area (Å²) >= 11 is -1.76. The topological polar surface area (TPSA) is 15.7 Å². The van der Waals surface area contributed by atoms with Gasteiger partial charge in [0.2, 0.25) is 0 Å². The Hall–Kier alpha value is -1.87. The second-order valence-corrected chi connectivity index (χ2v) is 16.2. The Kier molecular flexibility index (Phi) is 9.96. The van der Waals surface area contributed by atoms with E-state index in [0.717, 1.165) is 37.2 Å². The molecule has 0 N–H and O–H groups in total. The van der Waals surface area contributed by atoms with Crippen molar-refractivity contribution in [2.24, 2.45) is 0 Å². The number of hydrogen-bond donors (Lipinski definition) is 0. The number of anilines is 2. The summed E-state index contributed by atoms with van der Waals surface area (Å²) in [5.41, 5.74) is 11.9. The van der Waals surface area contributed by atoms with Crippen LogP contribution in [0.5, 0.6) is 5.75 Å². The predicted molar refractivity (Wildman–Crippen MR) is 162 cm³/mol. The monoisotopic (exact) mass is 639 g/mol. The second kappa shape index (κ2) is 13.0. The third kappa shape index (κ3) is 7.20. The van der Waals surface area contributed by atoms with E-state index in [4.69, 9.17) is 24.1 Å². The third-order valence-electron chi connectivity index (χ3n) is 7.16. The van der Waals surface area contributed by atoms with Crippen LogP contribution in [-0.4, -0.2) is 23.8 Å². The van der Waals surface area contributed by atoms with E-state index in [2.05, 4.69) is 82.3 Å². The first-order valence-electron chi connectivity index (χ1n) is 13.2. The van der Waals surface area contributed by atoms with Gasteiger partial charge in [-0.15, -0.1) is 0 Å². The summed E-state index contributed by atoms with van der Waals surface area (Å²) in [7, 11) is 11.7. The molecule has 38 heavy (non-hydrogen) atoms. The van der Waals surface area contributed by atoms with Crippen molar-refractivity contribution in [2.75, 3.05) is 22.9 Å². The molecule has 0 spiro atoms. The summed E-state index contributed by atoms with van der Waals surface area (Å²) in [4.78, 5) is 4.81. The molecule has 5 rings (SSSR count). The fraction of sp³-hybridized carbons (Fsp3) is 0.375. The fourth-order valence-electron chi connectivity index (χ4n) is 5.51. The zero-order chi connectivity index (χ0) is 27.4. The van der Waals surface area contributed by atoms with Gasteiger partial charge in [0.05, 0.1) is 0 Å². The number of halogens is 2. The Bertz CT molecular complexity index is 1210. The normalized spacial score (nSPS) is 15.5. The minimum atomic E-state index is -1.76. The zero-order valence-electron chi connectivity index (χ0n) is 23.3. The van der Waals surface area contributed by atoms with Crippen LogP contribution in [0.25, 0.3) is 0 Å². The molecule has 2 fully saturated rings. The molecule has 1 aliphatic heterocycles. The van der Waals surface area contributed by atoms with Crippen molar-refractivity contribution in [3.05, 3.63) is 94.1 Å². The van der Waals surface area contributed by atoms with E-state index in [1.165, 1.54) is 51.2 Å². The van der Waals surface area contributed by atoms with Crippen molar-refractivity contribution in [3.63, 3.8) is 0 Å². The third-order valence-corrected chi connectivity index (χ3v) is 8.99. The maximum atomic E-state index is 5.87. The van der Waals surface area contributed by atoms with Gasteiger partial charge >= 0.3 is 103 Å². The second-order valence-electron chi connectivity index (χ2n) is 10.5. The molecule has 1 saturated heterocycles. The van der Waals surface area contributed by atoms with Crippen LogP contribution in [-0.2, 0) is 13.5 Å². The molecule has 0 unspecified atom stereocenters. The van der Waals surface area contributed by atoms with Gasteiger partial charge in [0.25, 0.3) is 0 Å². The molecule has 1 heterocycles. The molecule has 0 radical (unpaired) electrons. The fourth-order valence-corrected chi connectivity index (χ4v) is 7.32. The first-order chi connectivity index (χ1) is 18.1. The first kappa shape index (κ1) is 29.1. The molecule has 0 amide bonds. The molecule has 0 bridgehead atoms. The molecular formula is C32H39Cl2N2ORu-. The number of benzene rings is 3. The summed E-state index contributed by atoms with van der Waals surface area (Å²) in [6.45, 7) is 17.6. The van der Waals surface area contributed by atoms with Crippen LogP contribution in [0.2, 0.25) is 0 Å². The molecule has 3 aromatic rings. The average Bonchev–Trinajstić information content (AvgIpc) is 3.25. The number of nitrogens with zero attached hydrogens (tertiary/aromatic N) is 2. The number of para-hydroxylation sites is 1. The van der Waals surface area contributed by atoms with Gasteiger partial charge in [0.1, 0.15) is 0 Å². The molecule has 206 valence electrons. The molecular weight excluding hydrogens is 600 g/mol. The number of ether oxygens (including phenoxy) is 1. The molecule has 6 heteroatoms. The average molecular weight is 640 g/mol. The maximum absolute atomic E-state index is 5.87. The van der Waals surface area contributed by atoms with Gasteiger partial charge in [-0.2, -0.15) is 6.67 Å². The number of aryl methyl sites for hydroxylation is 6. The quantitative estimate of drug-likeness (QED) is 0.205. The molecule has 1 saturated carbocycles. The van der Waals surface area contributed by atoms with Crippen LogP contribution in [0, 0.1) is 48.2 Å². The van der Waals surface area contributed by atoms with Crippen molar-refractivity contribution < 1.29 is 18.3 Å². The van der Waals surface area contributed by atoms with Crippen molar-refractivity contribution in [1.29, 1.82) is 0 Å². The molecule has 2 aliphatic rings. The van der Waals surface area contributed by atoms with E-state index in [-0.39, 0.29) is 0 Å². The van der Waals surface area contributed by atoms with Gasteiger partial charge in [-0.25, -0.2) is 0 Å². The van der Waals surface area contributed by atoms with Crippen LogP contribution in [0.15, 0.2) is 48.5 Å². The van der Waals surface area contributed by atoms with Crippen LogP contribution in [0.1, 0.15) is 58.2 Å². The predicted octanol–water partition coefficient (Wildman–Crippen LogP) is 8.68. The number of hydrogen-bond acceptors (Lipinski definition) is 3. The van der Waals surface area contributed by atoms with Crippen molar-refractivity contribution >= 4 is 35.4 Å². The minimum absolute atomic E-state index is 0.394. The Morgan fingerprint density at radius 2 is 1.26 bits per heavy atom. The van der Waals surface area contributed by atoms with Gasteiger partial charge in [-0.05, 0) is 63.8 Å². The summed E-state index contributed by atoms with van der Waals surface area (Å²) < 4.78 is 7.79. The molecule has 0 atom stereocenters. The molecule has 0 aromatic heterocycles. The Morgan fingerprint density at radius 3 is 1.68 bits per heavy atom. The molecule has 1 aliphatic carbocycles.